The zero-order chi connectivity index (χ0) is 20.8. The lowest BCUT2D eigenvalue weighted by Crippen LogP contribution is -2.34. The Balaban J connectivity index is 1.82. The second kappa shape index (κ2) is 9.14. The number of methoxy groups -OCH3 is 2. The summed E-state index contributed by atoms with van der Waals surface area (Å²) < 4.78 is 9.88. The van der Waals surface area contributed by atoms with Crippen molar-refractivity contribution in [2.75, 3.05) is 14.2 Å². The Labute approximate surface area is 168 Å². The Kier molecular flexibility index (Phi) is 6.39. The van der Waals surface area contributed by atoms with Gasteiger partial charge in [0.25, 0.3) is 5.91 Å². The molecule has 0 saturated heterocycles. The molecule has 1 unspecified atom stereocenters. The van der Waals surface area contributed by atoms with E-state index in [1.54, 1.807) is 31.4 Å². The number of Topliss-reactive ketones (excluding diaryl/α,β-unsaturated/α-hetero) is 1. The van der Waals surface area contributed by atoms with E-state index in [9.17, 15) is 14.4 Å². The normalized spacial score (nSPS) is 15.8. The molecule has 7 nitrogen and oxygen atoms in total. The van der Waals surface area contributed by atoms with Crippen molar-refractivity contribution in [3.63, 3.8) is 0 Å². The molecular weight excluding hydrogens is 372 g/mol. The molecule has 0 fully saturated rings. The second-order valence-electron chi connectivity index (χ2n) is 6.65. The number of benzene rings is 2. The van der Waals surface area contributed by atoms with Gasteiger partial charge in [0.05, 0.1) is 32.9 Å². The minimum atomic E-state index is -1.09. The van der Waals surface area contributed by atoms with Gasteiger partial charge in [0, 0.05) is 6.42 Å². The molecule has 0 spiro atoms. The monoisotopic (exact) mass is 394 g/mol. The van der Waals surface area contributed by atoms with Crippen molar-refractivity contribution in [2.24, 2.45) is 11.0 Å². The number of hydrogen-bond donors (Lipinski definition) is 0. The van der Waals surface area contributed by atoms with Crippen LogP contribution in [0.15, 0.2) is 59.7 Å². The highest BCUT2D eigenvalue weighted by Crippen LogP contribution is 2.24. The van der Waals surface area contributed by atoms with Crippen LogP contribution in [0.2, 0.25) is 0 Å². The molecule has 1 aliphatic heterocycles. The van der Waals surface area contributed by atoms with Crippen molar-refractivity contribution in [3.8, 4) is 5.75 Å². The molecule has 0 aromatic heterocycles. The first-order chi connectivity index (χ1) is 14.0. The van der Waals surface area contributed by atoms with Gasteiger partial charge in [-0.25, -0.2) is 5.01 Å². The molecule has 0 saturated carbocycles. The van der Waals surface area contributed by atoms with Gasteiger partial charge in [-0.05, 0) is 23.3 Å². The molecule has 0 aliphatic carbocycles. The van der Waals surface area contributed by atoms with Gasteiger partial charge in [-0.1, -0.05) is 42.5 Å². The summed E-state index contributed by atoms with van der Waals surface area (Å²) in [7, 11) is 2.80. The molecule has 2 aromatic rings. The molecule has 2 aromatic carbocycles. The summed E-state index contributed by atoms with van der Waals surface area (Å²) >= 11 is 0. The first-order valence-electron chi connectivity index (χ1n) is 9.17. The molecule has 1 aliphatic rings. The van der Waals surface area contributed by atoms with E-state index in [-0.39, 0.29) is 30.9 Å². The molecule has 1 heterocycles. The highest BCUT2D eigenvalue weighted by Gasteiger charge is 2.41. The number of ketones is 1. The zero-order valence-corrected chi connectivity index (χ0v) is 16.3. The van der Waals surface area contributed by atoms with E-state index in [4.69, 9.17) is 9.47 Å². The minimum absolute atomic E-state index is 0.0347. The fraction of sp³-hybridized carbons (Fsp3) is 0.273. The summed E-state index contributed by atoms with van der Waals surface area (Å²) in [6, 6.07) is 16.4. The first-order valence-corrected chi connectivity index (χ1v) is 9.17. The van der Waals surface area contributed by atoms with Crippen LogP contribution in [0.25, 0.3) is 0 Å². The Morgan fingerprint density at radius 2 is 1.72 bits per heavy atom. The maximum Gasteiger partial charge on any atom is 0.311 e. The number of ether oxygens (including phenoxy) is 2. The molecule has 0 N–H and O–H groups in total. The first kappa shape index (κ1) is 20.3. The lowest BCUT2D eigenvalue weighted by molar-refractivity contribution is -0.139. The third-order valence-corrected chi connectivity index (χ3v) is 4.65. The van der Waals surface area contributed by atoms with E-state index < -0.39 is 17.8 Å². The number of hydrogen-bond acceptors (Lipinski definition) is 6. The van der Waals surface area contributed by atoms with Crippen molar-refractivity contribution in [3.05, 3.63) is 65.7 Å². The standard InChI is InChI=1S/C22H22N2O5/c1-28-17-10-6-9-16(11-17)12-19(25)21-18(13-20(26)29-2)23-24(22(21)27)14-15-7-4-3-5-8-15/h3-11,21H,12-14H2,1-2H3. The summed E-state index contributed by atoms with van der Waals surface area (Å²) in [6.45, 7) is 0.229. The van der Waals surface area contributed by atoms with Crippen LogP contribution >= 0.6 is 0 Å². The fourth-order valence-electron chi connectivity index (χ4n) is 3.19. The summed E-state index contributed by atoms with van der Waals surface area (Å²) in [5.41, 5.74) is 1.81. The van der Waals surface area contributed by atoms with E-state index in [0.29, 0.717) is 5.75 Å². The number of esters is 1. The fourth-order valence-corrected chi connectivity index (χ4v) is 3.19. The number of nitrogens with zero attached hydrogens (tertiary/aromatic N) is 2. The number of rotatable bonds is 8. The van der Waals surface area contributed by atoms with E-state index in [2.05, 4.69) is 5.10 Å². The van der Waals surface area contributed by atoms with Crippen LogP contribution in [-0.4, -0.2) is 42.6 Å². The molecule has 1 amide bonds. The van der Waals surface area contributed by atoms with E-state index in [1.165, 1.54) is 12.1 Å². The van der Waals surface area contributed by atoms with Crippen molar-refractivity contribution < 1.29 is 23.9 Å². The average molecular weight is 394 g/mol. The predicted molar refractivity (Wildman–Crippen MR) is 106 cm³/mol. The summed E-state index contributed by atoms with van der Waals surface area (Å²) in [4.78, 5) is 37.7. The molecule has 3 rings (SSSR count). The lowest BCUT2D eigenvalue weighted by atomic mass is 9.91. The molecule has 0 bridgehead atoms. The van der Waals surface area contributed by atoms with Crippen LogP contribution in [0.3, 0.4) is 0 Å². The van der Waals surface area contributed by atoms with Crippen LogP contribution in [0.4, 0.5) is 0 Å². The number of amides is 1. The molecule has 1 atom stereocenters. The van der Waals surface area contributed by atoms with E-state index in [0.717, 1.165) is 11.1 Å². The van der Waals surface area contributed by atoms with Crippen LogP contribution < -0.4 is 4.74 Å². The Bertz CT molecular complexity index is 939. The lowest BCUT2D eigenvalue weighted by Gasteiger charge is -2.14. The number of carbonyl (C=O) groups is 3. The summed E-state index contributed by atoms with van der Waals surface area (Å²) in [5.74, 6) is -1.76. The van der Waals surface area contributed by atoms with E-state index >= 15 is 0 Å². The quantitative estimate of drug-likeness (QED) is 0.507. The SMILES string of the molecule is COC(=O)CC1=NN(Cc2ccccc2)C(=O)C1C(=O)Cc1cccc(OC)c1. The summed E-state index contributed by atoms with van der Waals surface area (Å²) in [6.07, 6.45) is -0.172. The van der Waals surface area contributed by atoms with Gasteiger partial charge in [-0.2, -0.15) is 5.10 Å². The van der Waals surface area contributed by atoms with Gasteiger partial charge in [-0.3, -0.25) is 14.4 Å². The van der Waals surface area contributed by atoms with Gasteiger partial charge in [-0.15, -0.1) is 0 Å². The molecule has 29 heavy (non-hydrogen) atoms. The smallest absolute Gasteiger partial charge is 0.311 e. The molecule has 150 valence electrons. The van der Waals surface area contributed by atoms with Crippen LogP contribution in [-0.2, 0) is 32.1 Å². The zero-order valence-electron chi connectivity index (χ0n) is 16.3. The van der Waals surface area contributed by atoms with Crippen LogP contribution in [0.1, 0.15) is 17.5 Å². The molecule has 7 heteroatoms. The van der Waals surface area contributed by atoms with Gasteiger partial charge in [0.15, 0.2) is 5.78 Å². The Morgan fingerprint density at radius 3 is 2.41 bits per heavy atom. The minimum Gasteiger partial charge on any atom is -0.497 e. The Morgan fingerprint density at radius 1 is 1.00 bits per heavy atom. The maximum atomic E-state index is 13.0. The number of hydrazone groups is 1. The van der Waals surface area contributed by atoms with Crippen molar-refractivity contribution in [2.45, 2.75) is 19.4 Å². The highest BCUT2D eigenvalue weighted by atomic mass is 16.5. The van der Waals surface area contributed by atoms with E-state index in [1.807, 2.05) is 30.3 Å². The van der Waals surface area contributed by atoms with Crippen molar-refractivity contribution in [1.82, 2.24) is 5.01 Å². The van der Waals surface area contributed by atoms with Gasteiger partial charge < -0.3 is 9.47 Å². The third-order valence-electron chi connectivity index (χ3n) is 4.65. The largest absolute Gasteiger partial charge is 0.497 e. The Hall–Kier alpha value is -3.48. The van der Waals surface area contributed by atoms with Crippen molar-refractivity contribution in [1.29, 1.82) is 0 Å². The summed E-state index contributed by atoms with van der Waals surface area (Å²) in [5, 5.41) is 5.54. The van der Waals surface area contributed by atoms with Gasteiger partial charge >= 0.3 is 5.97 Å². The number of carbonyl (C=O) groups excluding carboxylic acids is 3. The topological polar surface area (TPSA) is 85.3 Å². The van der Waals surface area contributed by atoms with Crippen molar-refractivity contribution >= 4 is 23.4 Å². The maximum absolute atomic E-state index is 13.0. The van der Waals surface area contributed by atoms with Crippen LogP contribution in [0.5, 0.6) is 5.75 Å². The predicted octanol–water partition coefficient (Wildman–Crippen LogP) is 2.38. The average Bonchev–Trinajstić information content (AvgIpc) is 3.03. The molecule has 0 radical (unpaired) electrons. The second-order valence-corrected chi connectivity index (χ2v) is 6.65. The van der Waals surface area contributed by atoms with Crippen LogP contribution in [0, 0.1) is 5.92 Å². The molecular formula is C22H22N2O5. The third kappa shape index (κ3) is 4.87. The van der Waals surface area contributed by atoms with Gasteiger partial charge in [0.2, 0.25) is 0 Å². The highest BCUT2D eigenvalue weighted by molar-refractivity contribution is 6.25. The van der Waals surface area contributed by atoms with Gasteiger partial charge in [0.1, 0.15) is 11.7 Å².